The average Bonchev–Trinajstić information content (AvgIpc) is 2.26. The molecule has 0 aliphatic carbocycles. The van der Waals surface area contributed by atoms with Crippen molar-refractivity contribution >= 4 is 17.6 Å². The zero-order valence-corrected chi connectivity index (χ0v) is 8.14. The summed E-state index contributed by atoms with van der Waals surface area (Å²) in [7, 11) is 0. The van der Waals surface area contributed by atoms with Crippen molar-refractivity contribution < 1.29 is 24.5 Å². The maximum absolute atomic E-state index is 11.0. The van der Waals surface area contributed by atoms with Crippen LogP contribution in [0.3, 0.4) is 0 Å². The highest BCUT2D eigenvalue weighted by Crippen LogP contribution is 2.35. The first kappa shape index (κ1) is 10.4. The van der Waals surface area contributed by atoms with Gasteiger partial charge in [0.15, 0.2) is 12.7 Å². The molecule has 2 rings (SSSR count). The van der Waals surface area contributed by atoms with Crippen molar-refractivity contribution in [3.8, 4) is 5.75 Å². The second-order valence-electron chi connectivity index (χ2n) is 3.30. The molecule has 6 heteroatoms. The lowest BCUT2D eigenvalue weighted by Crippen LogP contribution is -2.27. The summed E-state index contributed by atoms with van der Waals surface area (Å²) in [5.74, 6) is -1.47. The summed E-state index contributed by atoms with van der Waals surface area (Å²) in [6.07, 6.45) is -1.66. The summed E-state index contributed by atoms with van der Waals surface area (Å²) in [6, 6.07) is 4.55. The molecule has 0 aromatic heterocycles. The molecule has 6 nitrogen and oxygen atoms in total. The molecule has 0 radical (unpaired) electrons. The van der Waals surface area contributed by atoms with E-state index in [9.17, 15) is 14.7 Å². The zero-order valence-electron chi connectivity index (χ0n) is 8.14. The van der Waals surface area contributed by atoms with Gasteiger partial charge in [-0.3, -0.25) is 4.79 Å². The molecule has 1 amide bonds. The van der Waals surface area contributed by atoms with Crippen molar-refractivity contribution in [1.82, 2.24) is 0 Å². The molecule has 1 atom stereocenters. The number of rotatable bonds is 2. The number of carboxylic acid groups (broad SMARTS) is 1. The van der Waals surface area contributed by atoms with Crippen LogP contribution in [0.25, 0.3) is 0 Å². The predicted octanol–water partition coefficient (Wildman–Crippen LogP) is 0.135. The molecular formula is C10H9NO5. The Morgan fingerprint density at radius 3 is 2.94 bits per heavy atom. The van der Waals surface area contributed by atoms with E-state index in [1.807, 2.05) is 0 Å². The van der Waals surface area contributed by atoms with Crippen molar-refractivity contribution in [2.24, 2.45) is 0 Å². The number of aliphatic hydroxyl groups is 1. The number of benzene rings is 1. The molecule has 1 aliphatic rings. The highest BCUT2D eigenvalue weighted by molar-refractivity contribution is 5.96. The SMILES string of the molecule is O=C1COc2c(cccc2C(O)C(=O)O)N1. The molecule has 84 valence electrons. The van der Waals surface area contributed by atoms with Gasteiger partial charge in [-0.25, -0.2) is 4.79 Å². The van der Waals surface area contributed by atoms with E-state index in [0.717, 1.165) is 0 Å². The van der Waals surface area contributed by atoms with Gasteiger partial charge in [-0.05, 0) is 6.07 Å². The quantitative estimate of drug-likeness (QED) is 0.662. The lowest BCUT2D eigenvalue weighted by molar-refractivity contribution is -0.147. The van der Waals surface area contributed by atoms with Crippen molar-refractivity contribution in [2.75, 3.05) is 11.9 Å². The van der Waals surface area contributed by atoms with Gasteiger partial charge in [0.2, 0.25) is 0 Å². The Labute approximate surface area is 90.5 Å². The summed E-state index contributed by atoms with van der Waals surface area (Å²) < 4.78 is 5.10. The number of hydrogen-bond donors (Lipinski definition) is 3. The third-order valence-electron chi connectivity index (χ3n) is 2.20. The van der Waals surface area contributed by atoms with Crippen LogP contribution in [0.2, 0.25) is 0 Å². The highest BCUT2D eigenvalue weighted by Gasteiger charge is 2.25. The van der Waals surface area contributed by atoms with E-state index in [1.54, 1.807) is 6.07 Å². The molecule has 0 spiro atoms. The van der Waals surface area contributed by atoms with Crippen LogP contribution in [0.1, 0.15) is 11.7 Å². The number of carboxylic acids is 1. The first-order valence-corrected chi connectivity index (χ1v) is 4.56. The third-order valence-corrected chi connectivity index (χ3v) is 2.20. The van der Waals surface area contributed by atoms with Gasteiger partial charge in [-0.2, -0.15) is 0 Å². The molecule has 0 fully saturated rings. The average molecular weight is 223 g/mol. The molecule has 3 N–H and O–H groups in total. The highest BCUT2D eigenvalue weighted by atomic mass is 16.5. The van der Waals surface area contributed by atoms with Crippen molar-refractivity contribution in [2.45, 2.75) is 6.10 Å². The Morgan fingerprint density at radius 2 is 2.25 bits per heavy atom. The van der Waals surface area contributed by atoms with Crippen molar-refractivity contribution in [3.63, 3.8) is 0 Å². The van der Waals surface area contributed by atoms with Crippen LogP contribution in [0.4, 0.5) is 5.69 Å². The van der Waals surface area contributed by atoms with Crippen LogP contribution < -0.4 is 10.1 Å². The fourth-order valence-electron chi connectivity index (χ4n) is 1.49. The summed E-state index contributed by atoms with van der Waals surface area (Å²) in [5.41, 5.74) is 0.499. The lowest BCUT2D eigenvalue weighted by Gasteiger charge is -2.21. The molecule has 1 heterocycles. The standard InChI is InChI=1S/C10H9NO5/c12-7-4-16-9-5(8(13)10(14)15)2-1-3-6(9)11-7/h1-3,8,13H,4H2,(H,11,12)(H,14,15). The van der Waals surface area contributed by atoms with Gasteiger partial charge < -0.3 is 20.3 Å². The largest absolute Gasteiger partial charge is 0.481 e. The molecule has 1 unspecified atom stereocenters. The van der Waals surface area contributed by atoms with Gasteiger partial charge in [0.05, 0.1) is 5.69 Å². The Kier molecular flexibility index (Phi) is 2.49. The number of fused-ring (bicyclic) bond motifs is 1. The molecule has 1 aromatic rings. The van der Waals surface area contributed by atoms with E-state index in [1.165, 1.54) is 12.1 Å². The van der Waals surface area contributed by atoms with Crippen molar-refractivity contribution in [1.29, 1.82) is 0 Å². The molecule has 16 heavy (non-hydrogen) atoms. The van der Waals surface area contributed by atoms with Gasteiger partial charge in [0, 0.05) is 5.56 Å². The Morgan fingerprint density at radius 1 is 1.50 bits per heavy atom. The van der Waals surface area contributed by atoms with E-state index in [-0.39, 0.29) is 23.8 Å². The summed E-state index contributed by atoms with van der Waals surface area (Å²) >= 11 is 0. The Balaban J connectivity index is 2.44. The number of para-hydroxylation sites is 1. The van der Waals surface area contributed by atoms with Crippen LogP contribution in [0.5, 0.6) is 5.75 Å². The number of amides is 1. The fraction of sp³-hybridized carbons (Fsp3) is 0.200. The minimum atomic E-state index is -1.66. The molecular weight excluding hydrogens is 214 g/mol. The van der Waals surface area contributed by atoms with Crippen LogP contribution in [0, 0.1) is 0 Å². The molecule has 0 saturated heterocycles. The van der Waals surface area contributed by atoms with Gasteiger partial charge in [0.25, 0.3) is 5.91 Å². The number of hydrogen-bond acceptors (Lipinski definition) is 4. The van der Waals surface area contributed by atoms with E-state index >= 15 is 0 Å². The number of nitrogens with one attached hydrogen (secondary N) is 1. The fourth-order valence-corrected chi connectivity index (χ4v) is 1.49. The van der Waals surface area contributed by atoms with Gasteiger partial charge in [-0.1, -0.05) is 12.1 Å². The van der Waals surface area contributed by atoms with E-state index in [4.69, 9.17) is 9.84 Å². The number of aliphatic hydroxyl groups excluding tert-OH is 1. The van der Waals surface area contributed by atoms with Gasteiger partial charge >= 0.3 is 5.97 Å². The summed E-state index contributed by atoms with van der Waals surface area (Å²) in [4.78, 5) is 21.7. The predicted molar refractivity (Wildman–Crippen MR) is 53.2 cm³/mol. The minimum absolute atomic E-state index is 0.130. The topological polar surface area (TPSA) is 95.9 Å². The number of carbonyl (C=O) groups excluding carboxylic acids is 1. The minimum Gasteiger partial charge on any atom is -0.481 e. The number of aliphatic carboxylic acids is 1. The molecule has 1 aromatic carbocycles. The summed E-state index contributed by atoms with van der Waals surface area (Å²) in [5, 5.41) is 20.6. The van der Waals surface area contributed by atoms with Gasteiger partial charge in [-0.15, -0.1) is 0 Å². The number of anilines is 1. The lowest BCUT2D eigenvalue weighted by atomic mass is 10.1. The van der Waals surface area contributed by atoms with Crippen LogP contribution >= 0.6 is 0 Å². The van der Waals surface area contributed by atoms with Crippen LogP contribution in [0.15, 0.2) is 18.2 Å². The second kappa shape index (κ2) is 3.82. The Hall–Kier alpha value is -2.08. The van der Waals surface area contributed by atoms with Crippen molar-refractivity contribution in [3.05, 3.63) is 23.8 Å². The molecule has 0 bridgehead atoms. The maximum atomic E-state index is 11.0. The third kappa shape index (κ3) is 1.70. The van der Waals surface area contributed by atoms with Crippen LogP contribution in [-0.2, 0) is 9.59 Å². The molecule has 1 aliphatic heterocycles. The maximum Gasteiger partial charge on any atom is 0.337 e. The van der Waals surface area contributed by atoms with E-state index in [0.29, 0.717) is 5.69 Å². The molecule has 0 saturated carbocycles. The van der Waals surface area contributed by atoms with Crippen LogP contribution in [-0.4, -0.2) is 28.7 Å². The monoisotopic (exact) mass is 223 g/mol. The zero-order chi connectivity index (χ0) is 11.7. The number of carbonyl (C=O) groups is 2. The first-order chi connectivity index (χ1) is 7.59. The van der Waals surface area contributed by atoms with E-state index < -0.39 is 12.1 Å². The normalized spacial score (nSPS) is 15.7. The first-order valence-electron chi connectivity index (χ1n) is 4.56. The second-order valence-corrected chi connectivity index (χ2v) is 3.30. The Bertz CT molecular complexity index is 457. The number of ether oxygens (including phenoxy) is 1. The summed E-state index contributed by atoms with van der Waals surface area (Å²) in [6.45, 7) is -0.184. The van der Waals surface area contributed by atoms with E-state index in [2.05, 4.69) is 5.32 Å². The van der Waals surface area contributed by atoms with Gasteiger partial charge in [0.1, 0.15) is 5.75 Å². The smallest absolute Gasteiger partial charge is 0.337 e.